The smallest absolute Gasteiger partial charge is 0.175 e. The molecule has 3 fully saturated rings. The molecule has 1 aromatic rings. The summed E-state index contributed by atoms with van der Waals surface area (Å²) in [6, 6.07) is 8.04. The van der Waals surface area contributed by atoms with Crippen LogP contribution >= 0.6 is 0 Å². The fraction of sp³-hybridized carbons (Fsp3) is 0.760. The third-order valence-corrected chi connectivity index (χ3v) is 8.54. The SMILES string of the molecule is CS(=O)(=O)c1ccc(CN2CCN3C[C@H](COCCCN4CCCCC4)CC[C@H]3C2)cc1. The first-order valence-electron chi connectivity index (χ1n) is 12.5. The fourth-order valence-electron chi connectivity index (χ4n) is 5.53. The molecule has 0 bridgehead atoms. The minimum Gasteiger partial charge on any atom is -0.381 e. The molecule has 2 atom stereocenters. The van der Waals surface area contributed by atoms with Crippen molar-refractivity contribution < 1.29 is 13.2 Å². The summed E-state index contributed by atoms with van der Waals surface area (Å²) in [7, 11) is -3.12. The zero-order valence-electron chi connectivity index (χ0n) is 19.8. The fourth-order valence-corrected chi connectivity index (χ4v) is 6.16. The number of likely N-dealkylation sites (tertiary alicyclic amines) is 1. The van der Waals surface area contributed by atoms with Gasteiger partial charge in [0.25, 0.3) is 0 Å². The lowest BCUT2D eigenvalue weighted by Crippen LogP contribution is -2.56. The first kappa shape index (κ1) is 24.1. The third kappa shape index (κ3) is 7.00. The van der Waals surface area contributed by atoms with Crippen molar-refractivity contribution in [2.75, 3.05) is 65.3 Å². The van der Waals surface area contributed by atoms with Gasteiger partial charge in [-0.15, -0.1) is 0 Å². The maximum atomic E-state index is 11.7. The Bertz CT molecular complexity index is 808. The lowest BCUT2D eigenvalue weighted by molar-refractivity contribution is -0.00316. The monoisotopic (exact) mass is 463 g/mol. The van der Waals surface area contributed by atoms with Gasteiger partial charge < -0.3 is 9.64 Å². The highest BCUT2D eigenvalue weighted by Crippen LogP contribution is 2.26. The highest BCUT2D eigenvalue weighted by molar-refractivity contribution is 7.90. The van der Waals surface area contributed by atoms with Gasteiger partial charge in [-0.1, -0.05) is 18.6 Å². The van der Waals surface area contributed by atoms with Crippen molar-refractivity contribution in [3.8, 4) is 0 Å². The van der Waals surface area contributed by atoms with E-state index in [2.05, 4.69) is 14.7 Å². The first-order chi connectivity index (χ1) is 15.5. The standard InChI is InChI=1S/C25H41N3O3S/c1-32(29,30)25-10-7-22(8-11-25)18-27-15-16-28-19-23(6-9-24(28)20-27)21-31-17-5-14-26-12-3-2-4-13-26/h7-8,10-11,23-24H,2-6,9,12-21H2,1H3/t23-,24+/m1/s1. The van der Waals surface area contributed by atoms with E-state index < -0.39 is 9.84 Å². The summed E-state index contributed by atoms with van der Waals surface area (Å²) in [4.78, 5) is 8.19. The average Bonchev–Trinajstić information content (AvgIpc) is 2.79. The van der Waals surface area contributed by atoms with E-state index in [1.165, 1.54) is 76.5 Å². The number of piperidine rings is 2. The Morgan fingerprint density at radius 2 is 1.72 bits per heavy atom. The van der Waals surface area contributed by atoms with E-state index >= 15 is 0 Å². The molecule has 0 amide bonds. The molecule has 7 heteroatoms. The highest BCUT2D eigenvalue weighted by atomic mass is 32.2. The number of sulfone groups is 1. The summed E-state index contributed by atoms with van der Waals surface area (Å²) < 4.78 is 29.4. The van der Waals surface area contributed by atoms with E-state index in [-0.39, 0.29) is 0 Å². The van der Waals surface area contributed by atoms with Crippen LogP contribution in [0.15, 0.2) is 29.2 Å². The highest BCUT2D eigenvalue weighted by Gasteiger charge is 2.32. The van der Waals surface area contributed by atoms with Gasteiger partial charge in [0.2, 0.25) is 0 Å². The number of rotatable bonds is 9. The van der Waals surface area contributed by atoms with Crippen LogP contribution in [0.4, 0.5) is 0 Å². The Kier molecular flexibility index (Phi) is 8.62. The van der Waals surface area contributed by atoms with Crippen LogP contribution < -0.4 is 0 Å². The molecule has 32 heavy (non-hydrogen) atoms. The van der Waals surface area contributed by atoms with Crippen LogP contribution in [0.1, 0.15) is 44.1 Å². The molecule has 0 N–H and O–H groups in total. The van der Waals surface area contributed by atoms with Crippen molar-refractivity contribution >= 4 is 9.84 Å². The van der Waals surface area contributed by atoms with Crippen molar-refractivity contribution in [2.24, 2.45) is 5.92 Å². The van der Waals surface area contributed by atoms with E-state index in [1.807, 2.05) is 12.1 Å². The van der Waals surface area contributed by atoms with Gasteiger partial charge in [0.15, 0.2) is 9.84 Å². The first-order valence-corrected chi connectivity index (χ1v) is 14.4. The van der Waals surface area contributed by atoms with E-state index in [0.29, 0.717) is 16.9 Å². The predicted molar refractivity (Wildman–Crippen MR) is 129 cm³/mol. The van der Waals surface area contributed by atoms with Gasteiger partial charge >= 0.3 is 0 Å². The molecule has 3 aliphatic rings. The Hall–Kier alpha value is -0.990. The molecule has 0 spiro atoms. The van der Waals surface area contributed by atoms with E-state index in [0.717, 1.165) is 39.4 Å². The van der Waals surface area contributed by atoms with Crippen molar-refractivity contribution in [1.82, 2.24) is 14.7 Å². The number of piperazine rings is 1. The lowest BCUT2D eigenvalue weighted by atomic mass is 9.91. The predicted octanol–water partition coefficient (Wildman–Crippen LogP) is 2.88. The molecule has 0 radical (unpaired) electrons. The van der Waals surface area contributed by atoms with Gasteiger partial charge in [-0.25, -0.2) is 8.42 Å². The van der Waals surface area contributed by atoms with Crippen LogP contribution in [0.5, 0.6) is 0 Å². The molecule has 3 heterocycles. The van der Waals surface area contributed by atoms with Crippen molar-refractivity contribution in [1.29, 1.82) is 0 Å². The summed E-state index contributed by atoms with van der Waals surface area (Å²) in [6.07, 6.45) is 9.09. The van der Waals surface area contributed by atoms with Gasteiger partial charge in [-0.3, -0.25) is 9.80 Å². The van der Waals surface area contributed by atoms with Gasteiger partial charge in [-0.2, -0.15) is 0 Å². The molecule has 180 valence electrons. The maximum absolute atomic E-state index is 11.7. The molecule has 0 aromatic heterocycles. The molecular weight excluding hydrogens is 422 g/mol. The Morgan fingerprint density at radius 1 is 0.938 bits per heavy atom. The van der Waals surface area contributed by atoms with E-state index in [1.54, 1.807) is 12.1 Å². The number of fused-ring (bicyclic) bond motifs is 1. The minimum absolute atomic E-state index is 0.401. The van der Waals surface area contributed by atoms with Crippen LogP contribution in [0.3, 0.4) is 0 Å². The molecule has 0 aliphatic carbocycles. The zero-order chi connectivity index (χ0) is 22.4. The third-order valence-electron chi connectivity index (χ3n) is 7.41. The summed E-state index contributed by atoms with van der Waals surface area (Å²) in [6.45, 7) is 11.0. The number of nitrogens with zero attached hydrogens (tertiary/aromatic N) is 3. The summed E-state index contributed by atoms with van der Waals surface area (Å²) in [5.74, 6) is 0.677. The van der Waals surface area contributed by atoms with Gasteiger partial charge in [0, 0.05) is 58.2 Å². The number of ether oxygens (including phenoxy) is 1. The van der Waals surface area contributed by atoms with E-state index in [4.69, 9.17) is 4.74 Å². The zero-order valence-corrected chi connectivity index (χ0v) is 20.6. The van der Waals surface area contributed by atoms with Crippen LogP contribution in [0.2, 0.25) is 0 Å². The second-order valence-corrected chi connectivity index (χ2v) is 12.1. The quantitative estimate of drug-likeness (QED) is 0.525. The number of benzene rings is 1. The average molecular weight is 464 g/mol. The topological polar surface area (TPSA) is 53.1 Å². The van der Waals surface area contributed by atoms with Gasteiger partial charge in [0.1, 0.15) is 0 Å². The number of hydrogen-bond acceptors (Lipinski definition) is 6. The normalized spacial score (nSPS) is 26.2. The van der Waals surface area contributed by atoms with Crippen LogP contribution in [-0.2, 0) is 21.1 Å². The van der Waals surface area contributed by atoms with Crippen LogP contribution in [-0.4, -0.2) is 94.4 Å². The molecule has 3 aliphatic heterocycles. The van der Waals surface area contributed by atoms with Crippen molar-refractivity contribution in [2.45, 2.75) is 56.0 Å². The molecular formula is C25H41N3O3S. The largest absolute Gasteiger partial charge is 0.381 e. The minimum atomic E-state index is -3.12. The van der Waals surface area contributed by atoms with Crippen LogP contribution in [0, 0.1) is 5.92 Å². The Balaban J connectivity index is 1.13. The molecule has 4 rings (SSSR count). The lowest BCUT2D eigenvalue weighted by Gasteiger charge is -2.46. The summed E-state index contributed by atoms with van der Waals surface area (Å²) in [5, 5.41) is 0. The molecule has 6 nitrogen and oxygen atoms in total. The van der Waals surface area contributed by atoms with E-state index in [9.17, 15) is 8.42 Å². The number of hydrogen-bond donors (Lipinski definition) is 0. The summed E-state index contributed by atoms with van der Waals surface area (Å²) in [5.41, 5.74) is 1.19. The molecule has 1 aromatic carbocycles. The Morgan fingerprint density at radius 3 is 2.47 bits per heavy atom. The van der Waals surface area contributed by atoms with Crippen molar-refractivity contribution in [3.05, 3.63) is 29.8 Å². The molecule has 0 unspecified atom stereocenters. The molecule has 3 saturated heterocycles. The summed E-state index contributed by atoms with van der Waals surface area (Å²) >= 11 is 0. The van der Waals surface area contributed by atoms with Crippen molar-refractivity contribution in [3.63, 3.8) is 0 Å². The molecule has 0 saturated carbocycles. The second kappa shape index (κ2) is 11.4. The maximum Gasteiger partial charge on any atom is 0.175 e. The van der Waals surface area contributed by atoms with Crippen LogP contribution in [0.25, 0.3) is 0 Å². The Labute approximate surface area is 194 Å². The second-order valence-electron chi connectivity index (χ2n) is 10.1. The van der Waals surface area contributed by atoms with Gasteiger partial charge in [-0.05, 0) is 68.8 Å². The van der Waals surface area contributed by atoms with Gasteiger partial charge in [0.05, 0.1) is 11.5 Å².